The highest BCUT2D eigenvalue weighted by molar-refractivity contribution is 6.42. The molecule has 1 aliphatic rings. The molecule has 2 rings (SSSR count). The van der Waals surface area contributed by atoms with Gasteiger partial charge in [0.2, 0.25) is 5.91 Å². The Hall–Kier alpha value is -1.77. The lowest BCUT2D eigenvalue weighted by molar-refractivity contribution is -0.126. The smallest absolute Gasteiger partial charge is 0.251 e. The molecule has 1 aromatic rings. The van der Waals surface area contributed by atoms with Gasteiger partial charge in [0.05, 0.1) is 22.0 Å². The van der Waals surface area contributed by atoms with Crippen LogP contribution in [0.4, 0.5) is 0 Å². The van der Waals surface area contributed by atoms with Gasteiger partial charge in [0.25, 0.3) is 5.91 Å². The van der Waals surface area contributed by atoms with Crippen LogP contribution in [-0.4, -0.2) is 24.4 Å². The van der Waals surface area contributed by atoms with Crippen LogP contribution < -0.4 is 10.6 Å². The van der Waals surface area contributed by atoms with Crippen LogP contribution in [0.25, 0.3) is 0 Å². The number of carbonyl (C=O) groups excluding carboxylic acids is 2. The van der Waals surface area contributed by atoms with Crippen LogP contribution >= 0.6 is 23.2 Å². The van der Waals surface area contributed by atoms with Crippen molar-refractivity contribution in [3.63, 3.8) is 0 Å². The third-order valence-electron chi connectivity index (χ3n) is 3.94. The molecular formula is C16H17Cl2N3O2. The zero-order chi connectivity index (χ0) is 16.8. The van der Waals surface area contributed by atoms with Gasteiger partial charge in [-0.05, 0) is 31.0 Å². The second-order valence-electron chi connectivity index (χ2n) is 5.48. The predicted molar refractivity (Wildman–Crippen MR) is 88.3 cm³/mol. The van der Waals surface area contributed by atoms with Crippen LogP contribution in [-0.2, 0) is 4.79 Å². The fourth-order valence-electron chi connectivity index (χ4n) is 2.76. The summed E-state index contributed by atoms with van der Waals surface area (Å²) in [6, 6.07) is 6.31. The van der Waals surface area contributed by atoms with Crippen molar-refractivity contribution in [1.82, 2.24) is 10.6 Å². The van der Waals surface area contributed by atoms with Crippen LogP contribution in [0.3, 0.4) is 0 Å². The van der Waals surface area contributed by atoms with E-state index in [9.17, 15) is 9.59 Å². The number of hydrogen-bond donors (Lipinski definition) is 2. The molecule has 122 valence electrons. The molecule has 0 unspecified atom stereocenters. The first kappa shape index (κ1) is 17.6. The largest absolute Gasteiger partial charge is 0.349 e. The van der Waals surface area contributed by atoms with Gasteiger partial charge in [-0.3, -0.25) is 9.59 Å². The minimum absolute atomic E-state index is 0.0250. The maximum absolute atomic E-state index is 12.4. The van der Waals surface area contributed by atoms with Crippen molar-refractivity contribution in [3.05, 3.63) is 33.8 Å². The van der Waals surface area contributed by atoms with Crippen LogP contribution in [0.1, 0.15) is 36.0 Å². The predicted octanol–water partition coefficient (Wildman–Crippen LogP) is 2.92. The van der Waals surface area contributed by atoms with Crippen molar-refractivity contribution in [3.8, 4) is 6.07 Å². The lowest BCUT2D eigenvalue weighted by atomic mass is 9.83. The third-order valence-corrected chi connectivity index (χ3v) is 4.68. The topological polar surface area (TPSA) is 82.0 Å². The van der Waals surface area contributed by atoms with E-state index in [1.165, 1.54) is 6.07 Å². The molecule has 1 aliphatic carbocycles. The quantitative estimate of drug-likeness (QED) is 0.816. The summed E-state index contributed by atoms with van der Waals surface area (Å²) >= 11 is 11.8. The van der Waals surface area contributed by atoms with Gasteiger partial charge < -0.3 is 10.6 Å². The van der Waals surface area contributed by atoms with Crippen molar-refractivity contribution in [2.75, 3.05) is 6.54 Å². The Morgan fingerprint density at radius 1 is 1.22 bits per heavy atom. The maximum atomic E-state index is 12.4. The van der Waals surface area contributed by atoms with Crippen molar-refractivity contribution in [2.24, 2.45) is 5.92 Å². The van der Waals surface area contributed by atoms with Crippen LogP contribution in [0.15, 0.2) is 18.2 Å². The number of nitrogens with zero attached hydrogens (tertiary/aromatic N) is 1. The van der Waals surface area contributed by atoms with Crippen molar-refractivity contribution in [2.45, 2.75) is 31.7 Å². The lowest BCUT2D eigenvalue weighted by Gasteiger charge is -2.31. The van der Waals surface area contributed by atoms with E-state index in [1.54, 1.807) is 12.1 Å². The minimum Gasteiger partial charge on any atom is -0.349 e. The van der Waals surface area contributed by atoms with E-state index in [4.69, 9.17) is 28.5 Å². The standard InChI is InChI=1S/C16H17Cl2N3O2/c17-12-6-5-10(9-13(12)18)15(22)21-14-4-2-1-3-11(14)16(23)20-8-7-19/h5-6,9,11,14H,1-4,8H2,(H,20,23)(H,21,22)/t11-,14+/m0/s1. The van der Waals surface area contributed by atoms with Gasteiger partial charge in [0.1, 0.15) is 6.54 Å². The highest BCUT2D eigenvalue weighted by Crippen LogP contribution is 2.26. The Morgan fingerprint density at radius 3 is 2.65 bits per heavy atom. The Kier molecular flexibility index (Phi) is 6.26. The van der Waals surface area contributed by atoms with Gasteiger partial charge in [-0.2, -0.15) is 5.26 Å². The Balaban J connectivity index is 2.06. The number of carbonyl (C=O) groups is 2. The van der Waals surface area contributed by atoms with Crippen molar-refractivity contribution >= 4 is 35.0 Å². The van der Waals surface area contributed by atoms with Crippen molar-refractivity contribution in [1.29, 1.82) is 5.26 Å². The molecule has 0 heterocycles. The zero-order valence-corrected chi connectivity index (χ0v) is 14.0. The second-order valence-corrected chi connectivity index (χ2v) is 6.29. The molecule has 1 fully saturated rings. The first-order valence-corrected chi connectivity index (χ1v) is 8.19. The molecule has 23 heavy (non-hydrogen) atoms. The van der Waals surface area contributed by atoms with Gasteiger partial charge in [0.15, 0.2) is 0 Å². The average molecular weight is 354 g/mol. The highest BCUT2D eigenvalue weighted by atomic mass is 35.5. The summed E-state index contributed by atoms with van der Waals surface area (Å²) in [4.78, 5) is 24.5. The van der Waals surface area contributed by atoms with Crippen LogP contribution in [0.2, 0.25) is 10.0 Å². The first-order chi connectivity index (χ1) is 11.0. The van der Waals surface area contributed by atoms with Gasteiger partial charge in [-0.15, -0.1) is 0 Å². The van der Waals surface area contributed by atoms with Crippen molar-refractivity contribution < 1.29 is 9.59 Å². The Morgan fingerprint density at radius 2 is 1.96 bits per heavy atom. The minimum atomic E-state index is -0.316. The molecular weight excluding hydrogens is 337 g/mol. The average Bonchev–Trinajstić information content (AvgIpc) is 2.55. The normalized spacial score (nSPS) is 20.4. The van der Waals surface area contributed by atoms with Crippen LogP contribution in [0, 0.1) is 17.2 Å². The highest BCUT2D eigenvalue weighted by Gasteiger charge is 2.32. The molecule has 5 nitrogen and oxygen atoms in total. The van der Waals surface area contributed by atoms with Gasteiger partial charge in [0, 0.05) is 11.6 Å². The van der Waals surface area contributed by atoms with E-state index in [0.29, 0.717) is 22.0 Å². The van der Waals surface area contributed by atoms with Gasteiger partial charge in [-0.1, -0.05) is 36.0 Å². The fourth-order valence-corrected chi connectivity index (χ4v) is 3.06. The van der Waals surface area contributed by atoms with E-state index in [-0.39, 0.29) is 30.3 Å². The molecule has 2 atom stereocenters. The lowest BCUT2D eigenvalue weighted by Crippen LogP contribution is -2.48. The van der Waals surface area contributed by atoms with E-state index in [1.807, 2.05) is 6.07 Å². The molecule has 1 saturated carbocycles. The van der Waals surface area contributed by atoms with Gasteiger partial charge in [-0.25, -0.2) is 0 Å². The summed E-state index contributed by atoms with van der Waals surface area (Å²) in [7, 11) is 0. The summed E-state index contributed by atoms with van der Waals surface area (Å²) in [6.45, 7) is -0.0250. The molecule has 0 radical (unpaired) electrons. The number of amides is 2. The molecule has 0 saturated heterocycles. The Bertz CT molecular complexity index is 643. The number of nitrogens with one attached hydrogen (secondary N) is 2. The number of benzene rings is 1. The third kappa shape index (κ3) is 4.60. The van der Waals surface area contributed by atoms with Gasteiger partial charge >= 0.3 is 0 Å². The number of halogens is 2. The summed E-state index contributed by atoms with van der Waals surface area (Å²) in [5.41, 5.74) is 0.404. The van der Waals surface area contributed by atoms with E-state index in [2.05, 4.69) is 10.6 Å². The van der Waals surface area contributed by atoms with E-state index < -0.39 is 0 Å². The molecule has 0 aliphatic heterocycles. The SMILES string of the molecule is N#CCNC(=O)[C@H]1CCCC[C@H]1NC(=O)c1ccc(Cl)c(Cl)c1. The second kappa shape index (κ2) is 8.19. The molecule has 0 aromatic heterocycles. The fraction of sp³-hybridized carbons (Fsp3) is 0.438. The number of rotatable bonds is 4. The molecule has 1 aromatic carbocycles. The summed E-state index contributed by atoms with van der Waals surface area (Å²) in [5.74, 6) is -0.789. The summed E-state index contributed by atoms with van der Waals surface area (Å²) in [6.07, 6.45) is 3.32. The van der Waals surface area contributed by atoms with E-state index >= 15 is 0 Å². The number of hydrogen-bond acceptors (Lipinski definition) is 3. The summed E-state index contributed by atoms with van der Waals surface area (Å²) < 4.78 is 0. The molecule has 0 spiro atoms. The molecule has 0 bridgehead atoms. The molecule has 7 heteroatoms. The zero-order valence-electron chi connectivity index (χ0n) is 12.4. The Labute approximate surface area is 144 Å². The van der Waals surface area contributed by atoms with Crippen LogP contribution in [0.5, 0.6) is 0 Å². The summed E-state index contributed by atoms with van der Waals surface area (Å²) in [5, 5.41) is 14.7. The van der Waals surface area contributed by atoms with E-state index in [0.717, 1.165) is 19.3 Å². The molecule has 2 amide bonds. The maximum Gasteiger partial charge on any atom is 0.251 e. The first-order valence-electron chi connectivity index (χ1n) is 7.43. The molecule has 2 N–H and O–H groups in total. The monoisotopic (exact) mass is 353 g/mol. The number of nitriles is 1.